The number of hydrogen-bond donors (Lipinski definition) is 2. The molecular weight excluding hydrogens is 378 g/mol. The third-order valence-corrected chi connectivity index (χ3v) is 4.70. The Morgan fingerprint density at radius 1 is 1.08 bits per heavy atom. The highest BCUT2D eigenvalue weighted by atomic mass is 35.5. The molecule has 2 aromatic carbocycles. The second kappa shape index (κ2) is 8.62. The summed E-state index contributed by atoms with van der Waals surface area (Å²) in [4.78, 5) is 23.6. The summed E-state index contributed by atoms with van der Waals surface area (Å²) in [5.74, 6) is -0.794. The van der Waals surface area contributed by atoms with Gasteiger partial charge in [0.05, 0.1) is 10.0 Å². The summed E-state index contributed by atoms with van der Waals surface area (Å²) < 4.78 is 13.7. The molecule has 0 bridgehead atoms. The maximum atomic E-state index is 13.7. The Morgan fingerprint density at radius 3 is 2.27 bits per heavy atom. The molecular formula is C19H20Cl2FN2O2+. The number of carbonyl (C=O) groups is 2. The molecule has 26 heavy (non-hydrogen) atoms. The van der Waals surface area contributed by atoms with E-state index in [-0.39, 0.29) is 22.8 Å². The molecule has 2 atom stereocenters. The smallest absolute Gasteiger partial charge is 0.282 e. The Bertz CT molecular complexity index is 825. The summed E-state index contributed by atoms with van der Waals surface area (Å²) in [6, 6.07) is 8.64. The van der Waals surface area contributed by atoms with Crippen LogP contribution in [0.25, 0.3) is 0 Å². The average molecular weight is 398 g/mol. The lowest BCUT2D eigenvalue weighted by atomic mass is 10.1. The number of nitrogens with one attached hydrogen (secondary N) is 1. The summed E-state index contributed by atoms with van der Waals surface area (Å²) >= 11 is 11.8. The predicted molar refractivity (Wildman–Crippen MR) is 101 cm³/mol. The number of hydrogen-bond acceptors (Lipinski definition) is 2. The van der Waals surface area contributed by atoms with Crippen LogP contribution >= 0.6 is 23.2 Å². The number of Topliss-reactive ketones (excluding diaryl/α,β-unsaturated/α-hetero) is 1. The second-order valence-electron chi connectivity index (χ2n) is 6.18. The van der Waals surface area contributed by atoms with Crippen molar-refractivity contribution in [3.63, 3.8) is 0 Å². The molecule has 0 saturated heterocycles. The van der Waals surface area contributed by atoms with Gasteiger partial charge in [-0.25, -0.2) is 4.39 Å². The first kappa shape index (κ1) is 20.4. The Labute approximate surface area is 161 Å². The van der Waals surface area contributed by atoms with Crippen LogP contribution in [0, 0.1) is 5.82 Å². The van der Waals surface area contributed by atoms with E-state index in [1.54, 1.807) is 36.5 Å². The first-order valence-corrected chi connectivity index (χ1v) is 8.86. The molecule has 0 saturated carbocycles. The van der Waals surface area contributed by atoms with Crippen molar-refractivity contribution < 1.29 is 19.3 Å². The zero-order chi connectivity index (χ0) is 19.4. The van der Waals surface area contributed by atoms with Crippen molar-refractivity contribution in [2.75, 3.05) is 5.32 Å². The van der Waals surface area contributed by atoms with E-state index in [4.69, 9.17) is 23.2 Å². The van der Waals surface area contributed by atoms with Gasteiger partial charge < -0.3 is 10.6 Å². The molecule has 1 amide bonds. The van der Waals surface area contributed by atoms with E-state index < -0.39 is 11.9 Å². The predicted octanol–water partition coefficient (Wildman–Crippen LogP) is 3.99. The lowest BCUT2D eigenvalue weighted by Crippen LogP contribution is -2.91. The van der Waals surface area contributed by atoms with E-state index in [0.717, 1.165) is 0 Å². The van der Waals surface area contributed by atoms with Gasteiger partial charge in [-0.05, 0) is 57.2 Å². The van der Waals surface area contributed by atoms with Gasteiger partial charge in [-0.2, -0.15) is 0 Å². The van der Waals surface area contributed by atoms with Gasteiger partial charge in [-0.1, -0.05) is 23.2 Å². The fraction of sp³-hybridized carbons (Fsp3) is 0.263. The molecule has 0 aliphatic carbocycles. The monoisotopic (exact) mass is 397 g/mol. The molecule has 0 aliphatic heterocycles. The van der Waals surface area contributed by atoms with Crippen molar-refractivity contribution in [2.45, 2.75) is 32.9 Å². The van der Waals surface area contributed by atoms with Crippen LogP contribution < -0.4 is 10.6 Å². The number of carbonyl (C=O) groups excluding carboxylic acids is 2. The number of quaternary nitrogens is 1. The van der Waals surface area contributed by atoms with Crippen LogP contribution in [0.1, 0.15) is 42.7 Å². The summed E-state index contributed by atoms with van der Waals surface area (Å²) in [7, 11) is 0. The first-order chi connectivity index (χ1) is 12.2. The van der Waals surface area contributed by atoms with Gasteiger partial charge in [0.1, 0.15) is 11.9 Å². The van der Waals surface area contributed by atoms with E-state index >= 15 is 0 Å². The molecule has 7 heteroatoms. The molecule has 0 fully saturated rings. The molecule has 3 N–H and O–H groups in total. The Balaban J connectivity index is 2.02. The number of nitrogens with two attached hydrogens (primary N) is 1. The van der Waals surface area contributed by atoms with Gasteiger partial charge in [0.15, 0.2) is 11.8 Å². The van der Waals surface area contributed by atoms with Gasteiger partial charge in [0.25, 0.3) is 5.91 Å². The number of halogens is 3. The number of benzene rings is 2. The molecule has 2 rings (SSSR count). The van der Waals surface area contributed by atoms with Gasteiger partial charge in [0.2, 0.25) is 0 Å². The first-order valence-electron chi connectivity index (χ1n) is 8.10. The summed E-state index contributed by atoms with van der Waals surface area (Å²) in [6.45, 7) is 5.06. The minimum Gasteiger partial charge on any atom is -0.330 e. The third-order valence-electron chi connectivity index (χ3n) is 4.08. The number of ketones is 1. The van der Waals surface area contributed by atoms with Gasteiger partial charge >= 0.3 is 0 Å². The molecule has 4 nitrogen and oxygen atoms in total. The number of rotatable bonds is 6. The fourth-order valence-corrected chi connectivity index (χ4v) is 3.11. The lowest BCUT2D eigenvalue weighted by Gasteiger charge is -2.18. The normalized spacial score (nSPS) is 13.2. The molecule has 0 aromatic heterocycles. The molecule has 2 aromatic rings. The number of amides is 1. The van der Waals surface area contributed by atoms with E-state index in [2.05, 4.69) is 5.32 Å². The Morgan fingerprint density at radius 2 is 1.69 bits per heavy atom. The zero-order valence-electron chi connectivity index (χ0n) is 14.6. The van der Waals surface area contributed by atoms with Crippen LogP contribution in [0.15, 0.2) is 36.4 Å². The second-order valence-corrected chi connectivity index (χ2v) is 6.99. The van der Waals surface area contributed by atoms with Crippen molar-refractivity contribution in [1.29, 1.82) is 0 Å². The van der Waals surface area contributed by atoms with Crippen molar-refractivity contribution in [2.24, 2.45) is 0 Å². The van der Waals surface area contributed by atoms with Gasteiger partial charge in [0, 0.05) is 16.8 Å². The van der Waals surface area contributed by atoms with E-state index in [9.17, 15) is 14.0 Å². The summed E-state index contributed by atoms with van der Waals surface area (Å²) in [5.41, 5.74) is 1.75. The summed E-state index contributed by atoms with van der Waals surface area (Å²) in [6.07, 6.45) is 0. The van der Waals surface area contributed by atoms with Crippen LogP contribution in [-0.2, 0) is 4.79 Å². The van der Waals surface area contributed by atoms with Gasteiger partial charge in [-0.15, -0.1) is 0 Å². The van der Waals surface area contributed by atoms with Crippen LogP contribution in [0.5, 0.6) is 0 Å². The largest absolute Gasteiger partial charge is 0.330 e. The van der Waals surface area contributed by atoms with Crippen molar-refractivity contribution in [3.8, 4) is 0 Å². The van der Waals surface area contributed by atoms with Crippen molar-refractivity contribution >= 4 is 40.6 Å². The highest BCUT2D eigenvalue weighted by Gasteiger charge is 2.23. The quantitative estimate of drug-likeness (QED) is 0.571. The fourth-order valence-electron chi connectivity index (χ4n) is 2.56. The standard InChI is InChI=1S/C19H19Cl2FN2O2/c1-10(15-8-18(22)17(21)9-16(15)20)23-11(2)19(26)24-14-6-4-13(5-7-14)12(3)25/h4-11,23H,1-3H3,(H,24,26)/p+1/t10-,11+/m1/s1. The zero-order valence-corrected chi connectivity index (χ0v) is 16.2. The third kappa shape index (κ3) is 5.04. The Kier molecular flexibility index (Phi) is 6.75. The van der Waals surface area contributed by atoms with Crippen LogP contribution in [0.4, 0.5) is 10.1 Å². The molecule has 0 radical (unpaired) electrons. The van der Waals surface area contributed by atoms with Crippen LogP contribution in [0.2, 0.25) is 10.0 Å². The van der Waals surface area contributed by atoms with Crippen molar-refractivity contribution in [3.05, 3.63) is 63.4 Å². The minimum absolute atomic E-state index is 0.0363. The highest BCUT2D eigenvalue weighted by molar-refractivity contribution is 6.35. The van der Waals surface area contributed by atoms with Crippen LogP contribution in [0.3, 0.4) is 0 Å². The maximum Gasteiger partial charge on any atom is 0.282 e. The minimum atomic E-state index is -0.547. The SMILES string of the molecule is CC(=O)c1ccc(NC(=O)[C@H](C)[NH2+][C@H](C)c2cc(F)c(Cl)cc2Cl)cc1. The van der Waals surface area contributed by atoms with Crippen LogP contribution in [-0.4, -0.2) is 17.7 Å². The van der Waals surface area contributed by atoms with E-state index in [1.807, 2.05) is 6.92 Å². The average Bonchev–Trinajstić information content (AvgIpc) is 2.58. The topological polar surface area (TPSA) is 62.8 Å². The Hall–Kier alpha value is -1.95. The highest BCUT2D eigenvalue weighted by Crippen LogP contribution is 2.27. The maximum absolute atomic E-state index is 13.7. The molecule has 0 unspecified atom stereocenters. The molecule has 0 spiro atoms. The summed E-state index contributed by atoms with van der Waals surface area (Å²) in [5, 5.41) is 4.89. The van der Waals surface area contributed by atoms with Gasteiger partial charge in [-0.3, -0.25) is 9.59 Å². The molecule has 138 valence electrons. The van der Waals surface area contributed by atoms with E-state index in [0.29, 0.717) is 21.8 Å². The number of anilines is 1. The van der Waals surface area contributed by atoms with Crippen molar-refractivity contribution in [1.82, 2.24) is 0 Å². The lowest BCUT2D eigenvalue weighted by molar-refractivity contribution is -0.709. The molecule has 0 heterocycles. The molecule has 0 aliphatic rings. The van der Waals surface area contributed by atoms with E-state index in [1.165, 1.54) is 19.1 Å².